The minimum atomic E-state index is -0.154. The summed E-state index contributed by atoms with van der Waals surface area (Å²) in [5, 5.41) is 5.04. The minimum absolute atomic E-state index is 0.154. The summed E-state index contributed by atoms with van der Waals surface area (Å²) in [5.41, 5.74) is 1.23. The van der Waals surface area contributed by atoms with Gasteiger partial charge in [-0.2, -0.15) is 0 Å². The molecule has 1 aliphatic rings. The van der Waals surface area contributed by atoms with Gasteiger partial charge in [0.25, 0.3) is 5.91 Å². The van der Waals surface area contributed by atoms with E-state index < -0.39 is 0 Å². The summed E-state index contributed by atoms with van der Waals surface area (Å²) in [4.78, 5) is 23.6. The van der Waals surface area contributed by atoms with Gasteiger partial charge in [0.05, 0.1) is 18.1 Å². The van der Waals surface area contributed by atoms with Gasteiger partial charge < -0.3 is 10.2 Å². The third-order valence-electron chi connectivity index (χ3n) is 4.97. The van der Waals surface area contributed by atoms with E-state index >= 15 is 0 Å². The van der Waals surface area contributed by atoms with Crippen LogP contribution in [0.1, 0.15) is 30.1 Å². The zero-order valence-corrected chi connectivity index (χ0v) is 14.9. The first-order valence-electron chi connectivity index (χ1n) is 9.06. The van der Waals surface area contributed by atoms with E-state index in [9.17, 15) is 4.79 Å². The molecule has 0 unspecified atom stereocenters. The second-order valence-electron chi connectivity index (χ2n) is 6.96. The fourth-order valence-electron chi connectivity index (χ4n) is 3.29. The maximum absolute atomic E-state index is 12.5. The van der Waals surface area contributed by atoms with Crippen molar-refractivity contribution in [1.29, 1.82) is 0 Å². The SMILES string of the molecule is CC1CCN(c2ncc(NC(=O)c3ccc4ccccc4c3)cn2)CC1. The number of fused-ring (bicyclic) bond motifs is 1. The van der Waals surface area contributed by atoms with E-state index in [-0.39, 0.29) is 5.91 Å². The largest absolute Gasteiger partial charge is 0.341 e. The van der Waals surface area contributed by atoms with Gasteiger partial charge >= 0.3 is 0 Å². The molecule has 0 bridgehead atoms. The molecule has 132 valence electrons. The van der Waals surface area contributed by atoms with E-state index in [4.69, 9.17) is 0 Å². The number of hydrogen-bond donors (Lipinski definition) is 1. The van der Waals surface area contributed by atoms with Gasteiger partial charge in [-0.3, -0.25) is 4.79 Å². The van der Waals surface area contributed by atoms with Crippen LogP contribution in [0.25, 0.3) is 10.8 Å². The van der Waals surface area contributed by atoms with Crippen LogP contribution in [-0.2, 0) is 0 Å². The minimum Gasteiger partial charge on any atom is -0.341 e. The zero-order chi connectivity index (χ0) is 17.9. The molecule has 3 aromatic rings. The van der Waals surface area contributed by atoms with Gasteiger partial charge in [-0.1, -0.05) is 37.3 Å². The lowest BCUT2D eigenvalue weighted by atomic mass is 10.00. The normalized spacial score (nSPS) is 15.2. The number of nitrogens with one attached hydrogen (secondary N) is 1. The molecule has 1 amide bonds. The fraction of sp³-hybridized carbons (Fsp3) is 0.286. The average molecular weight is 346 g/mol. The first-order valence-corrected chi connectivity index (χ1v) is 9.06. The predicted octanol–water partition coefficient (Wildman–Crippen LogP) is 4.12. The van der Waals surface area contributed by atoms with Crippen LogP contribution in [-0.4, -0.2) is 29.0 Å². The van der Waals surface area contributed by atoms with Gasteiger partial charge in [0.2, 0.25) is 5.95 Å². The topological polar surface area (TPSA) is 58.1 Å². The molecule has 1 aliphatic heterocycles. The summed E-state index contributed by atoms with van der Waals surface area (Å²) in [6.45, 7) is 4.26. The van der Waals surface area contributed by atoms with E-state index in [2.05, 4.69) is 27.1 Å². The van der Waals surface area contributed by atoms with E-state index in [1.165, 1.54) is 12.8 Å². The number of piperidine rings is 1. The lowest BCUT2D eigenvalue weighted by Crippen LogP contribution is -2.34. The van der Waals surface area contributed by atoms with Crippen LogP contribution in [0.15, 0.2) is 54.9 Å². The molecule has 2 heterocycles. The lowest BCUT2D eigenvalue weighted by Gasteiger charge is -2.30. The molecule has 5 heteroatoms. The Morgan fingerprint density at radius 3 is 2.46 bits per heavy atom. The van der Waals surface area contributed by atoms with Crippen molar-refractivity contribution in [1.82, 2.24) is 9.97 Å². The number of hydrogen-bond acceptors (Lipinski definition) is 4. The van der Waals surface area contributed by atoms with E-state index in [1.807, 2.05) is 42.5 Å². The Hall–Kier alpha value is -2.95. The van der Waals surface area contributed by atoms with Gasteiger partial charge in [0, 0.05) is 18.7 Å². The smallest absolute Gasteiger partial charge is 0.255 e. The van der Waals surface area contributed by atoms with Crippen molar-refractivity contribution in [3.05, 3.63) is 60.4 Å². The molecule has 4 rings (SSSR count). The Morgan fingerprint density at radius 2 is 1.73 bits per heavy atom. The quantitative estimate of drug-likeness (QED) is 0.775. The molecule has 2 aromatic carbocycles. The number of nitrogens with zero attached hydrogens (tertiary/aromatic N) is 3. The number of benzene rings is 2. The van der Waals surface area contributed by atoms with Gasteiger partial charge in [0.1, 0.15) is 0 Å². The van der Waals surface area contributed by atoms with Gasteiger partial charge in [0.15, 0.2) is 0 Å². The second-order valence-corrected chi connectivity index (χ2v) is 6.96. The van der Waals surface area contributed by atoms with Crippen molar-refractivity contribution in [3.63, 3.8) is 0 Å². The summed E-state index contributed by atoms with van der Waals surface area (Å²) in [6.07, 6.45) is 5.70. The molecule has 0 radical (unpaired) electrons. The molecule has 1 fully saturated rings. The standard InChI is InChI=1S/C21H22N4O/c1-15-8-10-25(11-9-15)21-22-13-19(14-23-21)24-20(26)18-7-6-16-4-2-3-5-17(16)12-18/h2-7,12-15H,8-11H2,1H3,(H,24,26). The van der Waals surface area contributed by atoms with Crippen LogP contribution in [0.3, 0.4) is 0 Å². The first kappa shape index (κ1) is 16.5. The average Bonchev–Trinajstić information content (AvgIpc) is 2.69. The number of aromatic nitrogens is 2. The van der Waals surface area contributed by atoms with Crippen LogP contribution >= 0.6 is 0 Å². The predicted molar refractivity (Wildman–Crippen MR) is 105 cm³/mol. The molecular weight excluding hydrogens is 324 g/mol. The van der Waals surface area contributed by atoms with Crippen LogP contribution in [0, 0.1) is 5.92 Å². The van der Waals surface area contributed by atoms with Gasteiger partial charge in [-0.05, 0) is 41.7 Å². The second kappa shape index (κ2) is 7.12. The number of anilines is 2. The van der Waals surface area contributed by atoms with Crippen molar-refractivity contribution >= 4 is 28.3 Å². The van der Waals surface area contributed by atoms with Gasteiger partial charge in [-0.15, -0.1) is 0 Å². The highest BCUT2D eigenvalue weighted by Crippen LogP contribution is 2.21. The molecule has 0 saturated carbocycles. The summed E-state index contributed by atoms with van der Waals surface area (Å²) < 4.78 is 0. The van der Waals surface area contributed by atoms with Gasteiger partial charge in [-0.25, -0.2) is 9.97 Å². The van der Waals surface area contributed by atoms with Crippen LogP contribution in [0.4, 0.5) is 11.6 Å². The van der Waals surface area contributed by atoms with Crippen molar-refractivity contribution in [2.75, 3.05) is 23.3 Å². The highest BCUT2D eigenvalue weighted by molar-refractivity contribution is 6.06. The van der Waals surface area contributed by atoms with Crippen molar-refractivity contribution in [2.24, 2.45) is 5.92 Å². The monoisotopic (exact) mass is 346 g/mol. The van der Waals surface area contributed by atoms with E-state index in [1.54, 1.807) is 12.4 Å². The highest BCUT2D eigenvalue weighted by atomic mass is 16.1. The molecule has 26 heavy (non-hydrogen) atoms. The Bertz CT molecular complexity index is 915. The number of carbonyl (C=O) groups is 1. The van der Waals surface area contributed by atoms with Crippen LogP contribution in [0.5, 0.6) is 0 Å². The number of carbonyl (C=O) groups excluding carboxylic acids is 1. The van der Waals surface area contributed by atoms with Crippen LogP contribution in [0.2, 0.25) is 0 Å². The Balaban J connectivity index is 1.45. The molecule has 0 aliphatic carbocycles. The number of amides is 1. The summed E-state index contributed by atoms with van der Waals surface area (Å²) in [5.74, 6) is 1.35. The van der Waals surface area contributed by atoms with E-state index in [0.29, 0.717) is 11.3 Å². The van der Waals surface area contributed by atoms with Crippen LogP contribution < -0.4 is 10.2 Å². The van der Waals surface area contributed by atoms with E-state index in [0.717, 1.165) is 35.7 Å². The lowest BCUT2D eigenvalue weighted by molar-refractivity contribution is 0.102. The maximum Gasteiger partial charge on any atom is 0.255 e. The summed E-state index contributed by atoms with van der Waals surface area (Å²) in [6, 6.07) is 13.7. The summed E-state index contributed by atoms with van der Waals surface area (Å²) >= 11 is 0. The zero-order valence-electron chi connectivity index (χ0n) is 14.9. The summed E-state index contributed by atoms with van der Waals surface area (Å²) in [7, 11) is 0. The molecule has 1 aromatic heterocycles. The maximum atomic E-state index is 12.5. The molecule has 1 N–H and O–H groups in total. The third kappa shape index (κ3) is 3.52. The third-order valence-corrected chi connectivity index (χ3v) is 4.97. The molecule has 0 spiro atoms. The van der Waals surface area contributed by atoms with Crippen molar-refractivity contribution in [3.8, 4) is 0 Å². The fourth-order valence-corrected chi connectivity index (χ4v) is 3.29. The number of rotatable bonds is 3. The molecule has 0 atom stereocenters. The first-order chi connectivity index (χ1) is 12.7. The molecule has 5 nitrogen and oxygen atoms in total. The Kier molecular flexibility index (Phi) is 4.52. The van der Waals surface area contributed by atoms with Crippen molar-refractivity contribution in [2.45, 2.75) is 19.8 Å². The molecular formula is C21H22N4O. The Morgan fingerprint density at radius 1 is 1.04 bits per heavy atom. The highest BCUT2D eigenvalue weighted by Gasteiger charge is 2.18. The Labute approximate surface area is 153 Å². The molecule has 1 saturated heterocycles. The van der Waals surface area contributed by atoms with Crippen molar-refractivity contribution < 1.29 is 4.79 Å².